The van der Waals surface area contributed by atoms with Gasteiger partial charge in [0, 0.05) is 19.1 Å². The lowest BCUT2D eigenvalue weighted by molar-refractivity contribution is -0.124. The minimum atomic E-state index is -0.336. The second kappa shape index (κ2) is 7.58. The Bertz CT molecular complexity index is 716. The van der Waals surface area contributed by atoms with Crippen molar-refractivity contribution in [2.45, 2.75) is 26.3 Å². The van der Waals surface area contributed by atoms with E-state index in [0.717, 1.165) is 11.8 Å². The minimum absolute atomic E-state index is 0.140. The van der Waals surface area contributed by atoms with Crippen LogP contribution in [0.25, 0.3) is 6.08 Å². The van der Waals surface area contributed by atoms with Gasteiger partial charge in [-0.3, -0.25) is 14.5 Å². The van der Waals surface area contributed by atoms with Crippen LogP contribution in [0, 0.1) is 5.82 Å². The summed E-state index contributed by atoms with van der Waals surface area (Å²) in [4.78, 5) is 28.0. The van der Waals surface area contributed by atoms with Gasteiger partial charge in [-0.25, -0.2) is 4.39 Å². The molecule has 5 nitrogen and oxygen atoms in total. The first kappa shape index (κ1) is 17.9. The van der Waals surface area contributed by atoms with Crippen molar-refractivity contribution < 1.29 is 18.7 Å². The van der Waals surface area contributed by atoms with Gasteiger partial charge in [0.05, 0.1) is 23.8 Å². The van der Waals surface area contributed by atoms with Crippen LogP contribution in [0.15, 0.2) is 23.1 Å². The molecule has 0 N–H and O–H groups in total. The first-order valence-electron chi connectivity index (χ1n) is 8.40. The third-order valence-corrected chi connectivity index (χ3v) is 5.36. The Hall–Kier alpha value is -1.86. The van der Waals surface area contributed by atoms with E-state index in [1.165, 1.54) is 11.0 Å². The molecule has 0 spiro atoms. The number of thioether (sulfide) groups is 1. The molecule has 7 heteroatoms. The predicted molar refractivity (Wildman–Crippen MR) is 97.0 cm³/mol. The van der Waals surface area contributed by atoms with Crippen molar-refractivity contribution >= 4 is 34.7 Å². The van der Waals surface area contributed by atoms with E-state index < -0.39 is 0 Å². The van der Waals surface area contributed by atoms with E-state index in [4.69, 9.17) is 4.74 Å². The van der Waals surface area contributed by atoms with Gasteiger partial charge in [0.2, 0.25) is 0 Å². The van der Waals surface area contributed by atoms with Crippen molar-refractivity contribution in [3.05, 3.63) is 34.5 Å². The molecule has 1 atom stereocenters. The second-order valence-electron chi connectivity index (χ2n) is 6.12. The van der Waals surface area contributed by atoms with Crippen LogP contribution in [0.1, 0.15) is 25.8 Å². The minimum Gasteiger partial charge on any atom is -0.378 e. The first-order chi connectivity index (χ1) is 12.0. The lowest BCUT2D eigenvalue weighted by Crippen LogP contribution is -2.36. The summed E-state index contributed by atoms with van der Waals surface area (Å²) >= 11 is 0.908. The molecule has 2 heterocycles. The predicted octanol–water partition coefficient (Wildman–Crippen LogP) is 3.50. The van der Waals surface area contributed by atoms with Crippen LogP contribution < -0.4 is 4.90 Å². The third-order valence-electron chi connectivity index (χ3n) is 4.48. The summed E-state index contributed by atoms with van der Waals surface area (Å²) in [5.41, 5.74) is 1.11. The van der Waals surface area contributed by atoms with Gasteiger partial charge in [-0.1, -0.05) is 13.0 Å². The zero-order valence-corrected chi connectivity index (χ0v) is 15.1. The molecule has 2 fully saturated rings. The van der Waals surface area contributed by atoms with Gasteiger partial charge in [-0.2, -0.15) is 0 Å². The fraction of sp³-hybridized carbons (Fsp3) is 0.444. The van der Waals surface area contributed by atoms with E-state index in [1.54, 1.807) is 18.2 Å². The van der Waals surface area contributed by atoms with Crippen molar-refractivity contribution in [1.29, 1.82) is 0 Å². The molecule has 1 aromatic rings. The van der Waals surface area contributed by atoms with Crippen molar-refractivity contribution in [3.63, 3.8) is 0 Å². The topological polar surface area (TPSA) is 49.9 Å². The highest BCUT2D eigenvalue weighted by Crippen LogP contribution is 2.34. The first-order valence-corrected chi connectivity index (χ1v) is 9.22. The summed E-state index contributed by atoms with van der Waals surface area (Å²) in [6, 6.07) is 4.75. The maximum Gasteiger partial charge on any atom is 0.293 e. The van der Waals surface area contributed by atoms with Crippen LogP contribution >= 0.6 is 11.8 Å². The molecule has 0 aromatic heterocycles. The summed E-state index contributed by atoms with van der Waals surface area (Å²) in [5.74, 6) is -0.640. The Balaban J connectivity index is 1.81. The summed E-state index contributed by atoms with van der Waals surface area (Å²) in [6.45, 7) is 6.26. The molecule has 2 amide bonds. The largest absolute Gasteiger partial charge is 0.378 e. The number of carbonyl (C=O) groups excluding carboxylic acids is 2. The van der Waals surface area contributed by atoms with Gasteiger partial charge < -0.3 is 9.64 Å². The van der Waals surface area contributed by atoms with Crippen LogP contribution in [-0.2, 0) is 9.53 Å². The number of rotatable bonds is 4. The highest BCUT2D eigenvalue weighted by Gasteiger charge is 2.37. The number of benzene rings is 1. The molecule has 0 saturated carbocycles. The molecule has 2 aliphatic heterocycles. The normalized spacial score (nSPS) is 21.3. The van der Waals surface area contributed by atoms with Gasteiger partial charge in [-0.05, 0) is 48.9 Å². The average Bonchev–Trinajstić information content (AvgIpc) is 2.89. The molecule has 0 bridgehead atoms. The number of hydrogen-bond donors (Lipinski definition) is 0. The summed E-state index contributed by atoms with van der Waals surface area (Å²) in [6.07, 6.45) is 2.29. The highest BCUT2D eigenvalue weighted by atomic mass is 32.2. The molecular weight excluding hydrogens is 343 g/mol. The molecule has 3 rings (SSSR count). The van der Waals surface area contributed by atoms with Crippen molar-refractivity contribution in [2.24, 2.45) is 0 Å². The Labute approximate surface area is 150 Å². The van der Waals surface area contributed by atoms with Gasteiger partial charge >= 0.3 is 0 Å². The van der Waals surface area contributed by atoms with E-state index in [1.807, 2.05) is 18.7 Å². The molecule has 0 radical (unpaired) electrons. The van der Waals surface area contributed by atoms with Crippen molar-refractivity contribution in [1.82, 2.24) is 4.90 Å². The lowest BCUT2D eigenvalue weighted by atomic mass is 10.1. The van der Waals surface area contributed by atoms with Gasteiger partial charge in [0.15, 0.2) is 0 Å². The Morgan fingerprint density at radius 3 is 2.68 bits per heavy atom. The van der Waals surface area contributed by atoms with Gasteiger partial charge in [-0.15, -0.1) is 0 Å². The molecule has 25 heavy (non-hydrogen) atoms. The van der Waals surface area contributed by atoms with E-state index in [-0.39, 0.29) is 23.0 Å². The Kier molecular flexibility index (Phi) is 5.44. The van der Waals surface area contributed by atoms with E-state index >= 15 is 0 Å². The zero-order valence-electron chi connectivity index (χ0n) is 14.3. The van der Waals surface area contributed by atoms with Gasteiger partial charge in [0.1, 0.15) is 5.82 Å². The quantitative estimate of drug-likeness (QED) is 0.766. The maximum absolute atomic E-state index is 14.5. The Morgan fingerprint density at radius 2 is 2.04 bits per heavy atom. The fourth-order valence-electron chi connectivity index (χ4n) is 2.87. The fourth-order valence-corrected chi connectivity index (χ4v) is 3.80. The van der Waals surface area contributed by atoms with E-state index in [0.29, 0.717) is 48.9 Å². The van der Waals surface area contributed by atoms with Crippen LogP contribution in [0.3, 0.4) is 0 Å². The van der Waals surface area contributed by atoms with Crippen LogP contribution in [0.5, 0.6) is 0 Å². The summed E-state index contributed by atoms with van der Waals surface area (Å²) in [5, 5.41) is -0.268. The molecule has 134 valence electrons. The number of hydrogen-bond acceptors (Lipinski definition) is 5. The van der Waals surface area contributed by atoms with E-state index in [2.05, 4.69) is 0 Å². The molecule has 2 saturated heterocycles. The van der Waals surface area contributed by atoms with Crippen molar-refractivity contribution in [3.8, 4) is 0 Å². The number of ether oxygens (including phenoxy) is 1. The number of morpholine rings is 1. The van der Waals surface area contributed by atoms with Crippen molar-refractivity contribution in [2.75, 3.05) is 31.2 Å². The Morgan fingerprint density at radius 1 is 1.32 bits per heavy atom. The second-order valence-corrected chi connectivity index (χ2v) is 7.11. The molecule has 1 aromatic carbocycles. The monoisotopic (exact) mass is 364 g/mol. The van der Waals surface area contributed by atoms with Gasteiger partial charge in [0.25, 0.3) is 11.1 Å². The van der Waals surface area contributed by atoms with Crippen LogP contribution in [0.4, 0.5) is 14.9 Å². The molecular formula is C18H21FN2O3S. The number of imide groups is 1. The molecule has 2 aliphatic rings. The van der Waals surface area contributed by atoms with E-state index in [9.17, 15) is 14.0 Å². The SMILES string of the molecule is CC[C@H](C)N1C(=O)S/C(=C/c2ccc(N3CCOCC3)c(F)c2)C1=O. The smallest absolute Gasteiger partial charge is 0.293 e. The molecule has 0 unspecified atom stereocenters. The maximum atomic E-state index is 14.5. The number of halogens is 1. The third kappa shape index (κ3) is 3.72. The zero-order chi connectivity index (χ0) is 18.0. The summed E-state index contributed by atoms with van der Waals surface area (Å²) < 4.78 is 19.7. The number of carbonyl (C=O) groups is 2. The lowest BCUT2D eigenvalue weighted by Gasteiger charge is -2.29. The number of amides is 2. The standard InChI is InChI=1S/C18H21FN2O3S/c1-3-12(2)21-17(22)16(25-18(21)23)11-13-4-5-15(14(19)10-13)20-6-8-24-9-7-20/h4-5,10-12H,3,6-9H2,1-2H3/b16-11+/t12-/m0/s1. The number of nitrogens with zero attached hydrogens (tertiary/aromatic N) is 2. The summed E-state index contributed by atoms with van der Waals surface area (Å²) in [7, 11) is 0. The number of anilines is 1. The highest BCUT2D eigenvalue weighted by molar-refractivity contribution is 8.18. The van der Waals surface area contributed by atoms with Crippen LogP contribution in [0.2, 0.25) is 0 Å². The van der Waals surface area contributed by atoms with Crippen LogP contribution in [-0.4, -0.2) is 48.4 Å². The average molecular weight is 364 g/mol. The molecule has 0 aliphatic carbocycles.